The Bertz CT molecular complexity index is 286. The lowest BCUT2D eigenvalue weighted by atomic mass is 10.2. The van der Waals surface area contributed by atoms with Gasteiger partial charge in [0.25, 0.3) is 0 Å². The van der Waals surface area contributed by atoms with Gasteiger partial charge in [-0.2, -0.15) is 0 Å². The molecule has 0 aliphatic heterocycles. The zero-order valence-electron chi connectivity index (χ0n) is 11.8. The Morgan fingerprint density at radius 1 is 1.11 bits per heavy atom. The smallest absolute Gasteiger partial charge is 0.0671 e. The third-order valence-electron chi connectivity index (χ3n) is 3.00. The van der Waals surface area contributed by atoms with Gasteiger partial charge in [-0.25, -0.2) is 0 Å². The molecule has 2 heteroatoms. The number of benzene rings is 1. The van der Waals surface area contributed by atoms with E-state index < -0.39 is 0 Å². The second-order valence-corrected chi connectivity index (χ2v) is 4.86. The Balaban J connectivity index is 1.98. The van der Waals surface area contributed by atoms with Crippen molar-refractivity contribution in [1.29, 1.82) is 0 Å². The highest BCUT2D eigenvalue weighted by Crippen LogP contribution is 2.01. The largest absolute Gasteiger partial charge is 0.377 e. The van der Waals surface area contributed by atoms with Crippen LogP contribution in [-0.4, -0.2) is 19.3 Å². The predicted molar refractivity (Wildman–Crippen MR) is 77.7 cm³/mol. The van der Waals surface area contributed by atoms with Gasteiger partial charge in [0, 0.05) is 19.7 Å². The Morgan fingerprint density at radius 3 is 2.61 bits per heavy atom. The number of unbranched alkanes of at least 4 members (excludes halogenated alkanes) is 3. The summed E-state index contributed by atoms with van der Waals surface area (Å²) in [7, 11) is 0. The molecule has 18 heavy (non-hydrogen) atoms. The first-order chi connectivity index (χ1) is 8.83. The van der Waals surface area contributed by atoms with Gasteiger partial charge in [0.1, 0.15) is 0 Å². The van der Waals surface area contributed by atoms with Crippen molar-refractivity contribution in [3.05, 3.63) is 35.9 Å². The lowest BCUT2D eigenvalue weighted by Crippen LogP contribution is -2.26. The number of nitrogens with one attached hydrogen (secondary N) is 1. The highest BCUT2D eigenvalue weighted by Gasteiger charge is 2.01. The van der Waals surface area contributed by atoms with Crippen LogP contribution in [0.25, 0.3) is 0 Å². The highest BCUT2D eigenvalue weighted by molar-refractivity contribution is 5.14. The first-order valence-electron chi connectivity index (χ1n) is 7.19. The van der Waals surface area contributed by atoms with Crippen LogP contribution in [0.2, 0.25) is 0 Å². The van der Waals surface area contributed by atoms with Gasteiger partial charge in [0.05, 0.1) is 6.10 Å². The van der Waals surface area contributed by atoms with Gasteiger partial charge < -0.3 is 10.1 Å². The first kappa shape index (κ1) is 15.2. The first-order valence-corrected chi connectivity index (χ1v) is 7.19. The zero-order chi connectivity index (χ0) is 13.1. The fourth-order valence-electron chi connectivity index (χ4n) is 1.89. The molecule has 0 aliphatic carbocycles. The van der Waals surface area contributed by atoms with Crippen LogP contribution >= 0.6 is 0 Å². The van der Waals surface area contributed by atoms with E-state index in [-0.39, 0.29) is 0 Å². The quantitative estimate of drug-likeness (QED) is 0.637. The number of ether oxygens (including phenoxy) is 1. The van der Waals surface area contributed by atoms with Crippen molar-refractivity contribution in [2.75, 3.05) is 13.2 Å². The van der Waals surface area contributed by atoms with Gasteiger partial charge in [-0.3, -0.25) is 0 Å². The van der Waals surface area contributed by atoms with Crippen LogP contribution in [0.3, 0.4) is 0 Å². The zero-order valence-corrected chi connectivity index (χ0v) is 11.8. The molecule has 1 atom stereocenters. The summed E-state index contributed by atoms with van der Waals surface area (Å²) in [5.74, 6) is 0. The van der Waals surface area contributed by atoms with Crippen LogP contribution in [0, 0.1) is 0 Å². The third kappa shape index (κ3) is 7.46. The number of hydrogen-bond acceptors (Lipinski definition) is 2. The topological polar surface area (TPSA) is 21.3 Å². The van der Waals surface area contributed by atoms with Crippen LogP contribution in [0.5, 0.6) is 0 Å². The minimum Gasteiger partial charge on any atom is -0.377 e. The monoisotopic (exact) mass is 249 g/mol. The summed E-state index contributed by atoms with van der Waals surface area (Å²) in [6, 6.07) is 10.5. The second-order valence-electron chi connectivity index (χ2n) is 4.86. The summed E-state index contributed by atoms with van der Waals surface area (Å²) < 4.78 is 5.76. The van der Waals surface area contributed by atoms with Crippen molar-refractivity contribution in [1.82, 2.24) is 5.32 Å². The summed E-state index contributed by atoms with van der Waals surface area (Å²) >= 11 is 0. The van der Waals surface area contributed by atoms with Gasteiger partial charge in [0.15, 0.2) is 0 Å². The lowest BCUT2D eigenvalue weighted by molar-refractivity contribution is 0.0629. The van der Waals surface area contributed by atoms with Gasteiger partial charge >= 0.3 is 0 Å². The van der Waals surface area contributed by atoms with Crippen molar-refractivity contribution in [2.24, 2.45) is 0 Å². The molecule has 1 N–H and O–H groups in total. The van der Waals surface area contributed by atoms with Crippen molar-refractivity contribution in [3.8, 4) is 0 Å². The summed E-state index contributed by atoms with van der Waals surface area (Å²) in [5.41, 5.74) is 1.33. The molecule has 2 nitrogen and oxygen atoms in total. The maximum atomic E-state index is 5.76. The highest BCUT2D eigenvalue weighted by atomic mass is 16.5. The van der Waals surface area contributed by atoms with E-state index in [2.05, 4.69) is 43.4 Å². The molecule has 0 bridgehead atoms. The molecular formula is C16H27NO. The average Bonchev–Trinajstić information content (AvgIpc) is 2.40. The molecule has 0 amide bonds. The molecule has 0 fully saturated rings. The Kier molecular flexibility index (Phi) is 8.53. The van der Waals surface area contributed by atoms with Crippen molar-refractivity contribution >= 4 is 0 Å². The van der Waals surface area contributed by atoms with Crippen LogP contribution in [0.4, 0.5) is 0 Å². The van der Waals surface area contributed by atoms with Crippen molar-refractivity contribution < 1.29 is 4.74 Å². The lowest BCUT2D eigenvalue weighted by Gasteiger charge is -2.14. The Labute approximate surface area is 112 Å². The van der Waals surface area contributed by atoms with E-state index in [1.54, 1.807) is 0 Å². The van der Waals surface area contributed by atoms with Crippen molar-refractivity contribution in [3.63, 3.8) is 0 Å². The molecule has 0 saturated heterocycles. The summed E-state index contributed by atoms with van der Waals surface area (Å²) in [4.78, 5) is 0. The maximum Gasteiger partial charge on any atom is 0.0671 e. The van der Waals surface area contributed by atoms with E-state index in [0.29, 0.717) is 6.10 Å². The molecule has 0 saturated carbocycles. The molecule has 1 aromatic carbocycles. The van der Waals surface area contributed by atoms with Gasteiger partial charge in [-0.1, -0.05) is 56.5 Å². The van der Waals surface area contributed by atoms with Crippen LogP contribution in [0.15, 0.2) is 30.3 Å². The van der Waals surface area contributed by atoms with Crippen LogP contribution < -0.4 is 5.32 Å². The van der Waals surface area contributed by atoms with Gasteiger partial charge in [-0.05, 0) is 18.9 Å². The normalized spacial score (nSPS) is 12.6. The molecule has 0 heterocycles. The summed E-state index contributed by atoms with van der Waals surface area (Å²) in [6.45, 7) is 7.11. The van der Waals surface area contributed by atoms with E-state index in [9.17, 15) is 0 Å². The van der Waals surface area contributed by atoms with Crippen molar-refractivity contribution in [2.45, 2.75) is 52.2 Å². The molecule has 1 unspecified atom stereocenters. The second kappa shape index (κ2) is 10.1. The minimum atomic E-state index is 0.301. The van der Waals surface area contributed by atoms with Crippen LogP contribution in [-0.2, 0) is 11.3 Å². The van der Waals surface area contributed by atoms with E-state index in [1.165, 1.54) is 31.2 Å². The number of hydrogen-bond donors (Lipinski definition) is 1. The molecular weight excluding hydrogens is 222 g/mol. The minimum absolute atomic E-state index is 0.301. The van der Waals surface area contributed by atoms with E-state index >= 15 is 0 Å². The van der Waals surface area contributed by atoms with Gasteiger partial charge in [-0.15, -0.1) is 0 Å². The Hall–Kier alpha value is -0.860. The molecule has 1 rings (SSSR count). The van der Waals surface area contributed by atoms with E-state index in [4.69, 9.17) is 4.74 Å². The standard InChI is InChI=1S/C16H27NO/c1-3-4-5-9-12-18-15(2)13-17-14-16-10-7-6-8-11-16/h6-8,10-11,15,17H,3-5,9,12-14H2,1-2H3. The molecule has 0 aliphatic rings. The molecule has 102 valence electrons. The summed E-state index contributed by atoms with van der Waals surface area (Å²) in [5, 5.41) is 3.43. The SMILES string of the molecule is CCCCCCOC(C)CNCc1ccccc1. The van der Waals surface area contributed by atoms with Crippen LogP contribution in [0.1, 0.15) is 45.1 Å². The van der Waals surface area contributed by atoms with Gasteiger partial charge in [0.2, 0.25) is 0 Å². The fraction of sp³-hybridized carbons (Fsp3) is 0.625. The fourth-order valence-corrected chi connectivity index (χ4v) is 1.89. The third-order valence-corrected chi connectivity index (χ3v) is 3.00. The summed E-state index contributed by atoms with van der Waals surface area (Å²) in [6.07, 6.45) is 5.39. The van der Waals surface area contributed by atoms with E-state index in [0.717, 1.165) is 19.7 Å². The maximum absolute atomic E-state index is 5.76. The Morgan fingerprint density at radius 2 is 1.89 bits per heavy atom. The van der Waals surface area contributed by atoms with E-state index in [1.807, 2.05) is 6.07 Å². The molecule has 1 aromatic rings. The molecule has 0 aromatic heterocycles. The molecule has 0 radical (unpaired) electrons. The predicted octanol–water partition coefficient (Wildman–Crippen LogP) is 3.76. The number of rotatable bonds is 10. The average molecular weight is 249 g/mol. The molecule has 0 spiro atoms.